The van der Waals surface area contributed by atoms with Crippen molar-refractivity contribution in [2.75, 3.05) is 0 Å². The molecule has 0 spiro atoms. The summed E-state index contributed by atoms with van der Waals surface area (Å²) in [7, 11) is -4.64. The van der Waals surface area contributed by atoms with E-state index in [4.69, 9.17) is 19.2 Å². The van der Waals surface area contributed by atoms with Gasteiger partial charge in [0, 0.05) is 65.2 Å². The van der Waals surface area contributed by atoms with Crippen molar-refractivity contribution in [1.29, 1.82) is 0 Å². The normalized spacial score (nSPS) is 8.43. The van der Waals surface area contributed by atoms with Crippen LogP contribution in [0, 0.1) is 35.6 Å². The third kappa shape index (κ3) is 62.1. The predicted molar refractivity (Wildman–Crippen MR) is 20.0 cm³/mol. The molecular formula is H3LaNaO4P. The van der Waals surface area contributed by atoms with E-state index in [-0.39, 0.29) is 65.2 Å². The van der Waals surface area contributed by atoms with Crippen LogP contribution in [-0.4, -0.2) is 44.2 Å². The molecule has 2 radical (unpaired) electrons. The van der Waals surface area contributed by atoms with Gasteiger partial charge in [0.2, 0.25) is 0 Å². The van der Waals surface area contributed by atoms with Crippen molar-refractivity contribution < 1.29 is 54.8 Å². The van der Waals surface area contributed by atoms with Gasteiger partial charge in [-0.2, -0.15) is 0 Å². The Kier molecular flexibility index (Phi) is 14.8. The monoisotopic (exact) mass is 260 g/mol. The summed E-state index contributed by atoms with van der Waals surface area (Å²) in [6.07, 6.45) is 0. The van der Waals surface area contributed by atoms with Crippen molar-refractivity contribution in [2.24, 2.45) is 0 Å². The van der Waals surface area contributed by atoms with E-state index in [1.165, 1.54) is 0 Å². The minimum Gasteiger partial charge on any atom is -0.303 e. The number of rotatable bonds is 0. The molecule has 7 heteroatoms. The zero-order chi connectivity index (χ0) is 4.50. The molecule has 0 fully saturated rings. The van der Waals surface area contributed by atoms with Gasteiger partial charge in [-0.3, -0.25) is 0 Å². The van der Waals surface area contributed by atoms with E-state index in [1.54, 1.807) is 0 Å². The van der Waals surface area contributed by atoms with Gasteiger partial charge in [-0.1, -0.05) is 0 Å². The summed E-state index contributed by atoms with van der Waals surface area (Å²) in [5, 5.41) is 0. The molecule has 7 heavy (non-hydrogen) atoms. The van der Waals surface area contributed by atoms with E-state index < -0.39 is 7.82 Å². The molecule has 4 nitrogen and oxygen atoms in total. The van der Waals surface area contributed by atoms with Crippen molar-refractivity contribution in [2.45, 2.75) is 0 Å². The van der Waals surface area contributed by atoms with Crippen LogP contribution in [-0.2, 0) is 4.57 Å². The standard InChI is InChI=1S/La.Na.H3O4P/c;;1-5(2,3)4/h;;(H3,1,2,3,4). The average Bonchev–Trinajstić information content (AvgIpc) is 0.722. The van der Waals surface area contributed by atoms with Crippen LogP contribution in [0.2, 0.25) is 0 Å². The van der Waals surface area contributed by atoms with Gasteiger partial charge in [0.15, 0.2) is 0 Å². The Balaban J connectivity index is -0.0000000800. The van der Waals surface area contributed by atoms with E-state index in [0.717, 1.165) is 0 Å². The summed E-state index contributed by atoms with van der Waals surface area (Å²) in [4.78, 5) is 21.6. The zero-order valence-electron chi connectivity index (χ0n) is 3.77. The molecule has 0 aliphatic carbocycles. The van der Waals surface area contributed by atoms with Crippen LogP contribution in [0.1, 0.15) is 0 Å². The van der Waals surface area contributed by atoms with Crippen LogP contribution in [0.25, 0.3) is 0 Å². The Morgan fingerprint density at radius 2 is 1.14 bits per heavy atom. The Labute approximate surface area is 90.8 Å². The fourth-order valence-electron chi connectivity index (χ4n) is 0. The second-order valence-electron chi connectivity index (χ2n) is 0.513. The molecule has 3 N–H and O–H groups in total. The topological polar surface area (TPSA) is 77.8 Å². The molecular weight excluding hydrogens is 257 g/mol. The smallest absolute Gasteiger partial charge is 0.303 e. The summed E-state index contributed by atoms with van der Waals surface area (Å²) in [5.41, 5.74) is 0. The van der Waals surface area contributed by atoms with E-state index in [0.29, 0.717) is 0 Å². The molecule has 0 atom stereocenters. The quantitative estimate of drug-likeness (QED) is 0.373. The number of hydrogen-bond donors (Lipinski definition) is 3. The number of hydrogen-bond acceptors (Lipinski definition) is 1. The molecule has 0 rings (SSSR count). The molecule has 0 saturated heterocycles. The van der Waals surface area contributed by atoms with E-state index in [2.05, 4.69) is 0 Å². The Hall–Kier alpha value is 2.30. The molecule has 0 aromatic carbocycles. The molecule has 0 aliphatic rings. The second-order valence-corrected chi connectivity index (χ2v) is 1.54. The van der Waals surface area contributed by atoms with Crippen LogP contribution in [0.3, 0.4) is 0 Å². The molecule has 0 bridgehead atoms. The molecule has 0 heterocycles. The summed E-state index contributed by atoms with van der Waals surface area (Å²) < 4.78 is 8.88. The van der Waals surface area contributed by atoms with Crippen molar-refractivity contribution in [3.63, 3.8) is 0 Å². The molecule has 36 valence electrons. The van der Waals surface area contributed by atoms with Gasteiger partial charge in [-0.05, 0) is 0 Å². The fraction of sp³-hybridized carbons (Fsp3) is 0. The maximum absolute atomic E-state index is 8.88. The first-order valence-electron chi connectivity index (χ1n) is 0.783. The molecule has 0 amide bonds. The van der Waals surface area contributed by atoms with Crippen molar-refractivity contribution in [3.05, 3.63) is 0 Å². The van der Waals surface area contributed by atoms with Crippen LogP contribution in [0.5, 0.6) is 0 Å². The summed E-state index contributed by atoms with van der Waals surface area (Å²) in [6.45, 7) is 0. The summed E-state index contributed by atoms with van der Waals surface area (Å²) in [5.74, 6) is 0. The third-order valence-electron chi connectivity index (χ3n) is 0. The first-order valence-corrected chi connectivity index (χ1v) is 2.35. The Morgan fingerprint density at radius 1 is 1.14 bits per heavy atom. The Morgan fingerprint density at radius 3 is 1.14 bits per heavy atom. The largest absolute Gasteiger partial charge is 0.466 e. The van der Waals surface area contributed by atoms with E-state index in [9.17, 15) is 0 Å². The SMILES string of the molecule is O=P(O)(O)O.[La].[Na]. The van der Waals surface area contributed by atoms with E-state index >= 15 is 0 Å². The Bertz CT molecular complexity index is 57.8. The van der Waals surface area contributed by atoms with Crippen LogP contribution < -0.4 is 0 Å². The van der Waals surface area contributed by atoms with Gasteiger partial charge in [-0.15, -0.1) is 0 Å². The van der Waals surface area contributed by atoms with Crippen molar-refractivity contribution in [1.82, 2.24) is 0 Å². The minimum atomic E-state index is -4.64. The van der Waals surface area contributed by atoms with Crippen molar-refractivity contribution >= 4 is 37.4 Å². The van der Waals surface area contributed by atoms with Crippen molar-refractivity contribution in [3.8, 4) is 0 Å². The molecule has 0 unspecified atom stereocenters. The van der Waals surface area contributed by atoms with Gasteiger partial charge in [0.1, 0.15) is 0 Å². The van der Waals surface area contributed by atoms with Crippen LogP contribution in [0.4, 0.5) is 0 Å². The third-order valence-corrected chi connectivity index (χ3v) is 0. The van der Waals surface area contributed by atoms with Gasteiger partial charge in [0.05, 0.1) is 0 Å². The summed E-state index contributed by atoms with van der Waals surface area (Å²) >= 11 is 0. The maximum Gasteiger partial charge on any atom is 0.466 e. The predicted octanol–water partition coefficient (Wildman–Crippen LogP) is -1.31. The van der Waals surface area contributed by atoms with Gasteiger partial charge < -0.3 is 14.7 Å². The fourth-order valence-corrected chi connectivity index (χ4v) is 0. The van der Waals surface area contributed by atoms with Gasteiger partial charge in [0.25, 0.3) is 0 Å². The first-order chi connectivity index (χ1) is 2.00. The number of phosphoric acid groups is 1. The van der Waals surface area contributed by atoms with Crippen LogP contribution in [0.15, 0.2) is 0 Å². The van der Waals surface area contributed by atoms with E-state index in [1.807, 2.05) is 0 Å². The molecule has 0 aromatic rings. The van der Waals surface area contributed by atoms with Crippen LogP contribution >= 0.6 is 7.82 Å². The zero-order valence-corrected chi connectivity index (χ0v) is 10.3. The summed E-state index contributed by atoms with van der Waals surface area (Å²) in [6, 6.07) is 0. The first kappa shape index (κ1) is 16.1. The molecule has 0 aromatic heterocycles. The second kappa shape index (κ2) is 6.43. The van der Waals surface area contributed by atoms with Gasteiger partial charge >= 0.3 is 7.82 Å². The van der Waals surface area contributed by atoms with Gasteiger partial charge in [-0.25, -0.2) is 4.57 Å². The maximum atomic E-state index is 8.88. The average molecular weight is 260 g/mol. The molecule has 0 aliphatic heterocycles. The minimum absolute atomic E-state index is 0. The molecule has 0 saturated carbocycles.